The number of nitrogens with one attached hydrogen (secondary N) is 1. The number of aromatic hydroxyl groups is 1. The van der Waals surface area contributed by atoms with E-state index in [9.17, 15) is 9.50 Å². The molecule has 0 saturated carbocycles. The van der Waals surface area contributed by atoms with Crippen LogP contribution in [0.25, 0.3) is 0 Å². The van der Waals surface area contributed by atoms with E-state index >= 15 is 0 Å². The number of hydrogen-bond donors (Lipinski definition) is 2. The molecule has 126 valence electrons. The Morgan fingerprint density at radius 2 is 2.09 bits per heavy atom. The van der Waals surface area contributed by atoms with E-state index in [0.717, 1.165) is 31.7 Å². The van der Waals surface area contributed by atoms with Gasteiger partial charge in [0.1, 0.15) is 0 Å². The Morgan fingerprint density at radius 1 is 1.41 bits per heavy atom. The molecule has 1 aromatic carbocycles. The molecule has 1 aliphatic rings. The first-order valence-electron chi connectivity index (χ1n) is 7.33. The van der Waals surface area contributed by atoms with Crippen molar-refractivity contribution >= 4 is 28.3 Å². The zero-order chi connectivity index (χ0) is 15.2. The van der Waals surface area contributed by atoms with Crippen LogP contribution in [-0.2, 0) is 0 Å². The summed E-state index contributed by atoms with van der Waals surface area (Å²) >= 11 is 3.36. The molecule has 7 heteroatoms. The monoisotopic (exact) mass is 396 g/mol. The number of halogens is 3. The summed E-state index contributed by atoms with van der Waals surface area (Å²) in [7, 11) is 0. The van der Waals surface area contributed by atoms with Crippen molar-refractivity contribution in [2.24, 2.45) is 0 Å². The van der Waals surface area contributed by atoms with Gasteiger partial charge in [-0.05, 0) is 47.0 Å². The van der Waals surface area contributed by atoms with Crippen molar-refractivity contribution in [3.8, 4) is 11.5 Å². The van der Waals surface area contributed by atoms with Gasteiger partial charge in [-0.1, -0.05) is 0 Å². The predicted octanol–water partition coefficient (Wildman–Crippen LogP) is 3.28. The van der Waals surface area contributed by atoms with Gasteiger partial charge in [-0.2, -0.15) is 0 Å². The van der Waals surface area contributed by atoms with Crippen LogP contribution >= 0.6 is 28.3 Å². The van der Waals surface area contributed by atoms with Crippen molar-refractivity contribution in [2.75, 3.05) is 39.5 Å². The van der Waals surface area contributed by atoms with Crippen molar-refractivity contribution in [1.82, 2.24) is 10.2 Å². The maximum Gasteiger partial charge on any atom is 0.172 e. The fourth-order valence-corrected chi connectivity index (χ4v) is 3.17. The third-order valence-corrected chi connectivity index (χ3v) is 4.31. The average molecular weight is 398 g/mol. The Kier molecular flexibility index (Phi) is 8.46. The number of piperazine rings is 1. The summed E-state index contributed by atoms with van der Waals surface area (Å²) in [6, 6.07) is 3.69. The molecule has 1 atom stereocenters. The minimum Gasteiger partial charge on any atom is -0.503 e. The zero-order valence-corrected chi connectivity index (χ0v) is 15.1. The van der Waals surface area contributed by atoms with Gasteiger partial charge in [-0.3, -0.25) is 9.29 Å². The minimum atomic E-state index is -0.364. The first-order valence-corrected chi connectivity index (χ1v) is 8.12. The lowest BCUT2D eigenvalue weighted by Crippen LogP contribution is -2.45. The van der Waals surface area contributed by atoms with E-state index in [4.69, 9.17) is 4.74 Å². The molecule has 0 radical (unpaired) electrons. The third-order valence-electron chi connectivity index (χ3n) is 3.71. The first kappa shape index (κ1) is 19.5. The van der Waals surface area contributed by atoms with Crippen LogP contribution in [0.3, 0.4) is 0 Å². The average Bonchev–Trinajstić information content (AvgIpc) is 2.50. The summed E-state index contributed by atoms with van der Waals surface area (Å²) < 4.78 is 19.0. The van der Waals surface area contributed by atoms with E-state index in [-0.39, 0.29) is 30.9 Å². The standard InChI is InChI=1S/C15H22BrFN2O2.ClH/c1-2-21-14-10-11(9-12(16)15(14)20)13(3-4-17)19-7-5-18-6-8-19;/h9-10,13,18,20H,2-8H2,1H3;1H/t13-;/m1./s1. The molecule has 0 aromatic heterocycles. The summed E-state index contributed by atoms with van der Waals surface area (Å²) in [4.78, 5) is 2.28. The van der Waals surface area contributed by atoms with E-state index in [1.807, 2.05) is 19.1 Å². The lowest BCUT2D eigenvalue weighted by molar-refractivity contribution is 0.157. The van der Waals surface area contributed by atoms with Gasteiger partial charge in [0, 0.05) is 32.2 Å². The summed E-state index contributed by atoms with van der Waals surface area (Å²) in [6.45, 7) is 5.61. The molecule has 22 heavy (non-hydrogen) atoms. The van der Waals surface area contributed by atoms with Crippen LogP contribution in [0.5, 0.6) is 11.5 Å². The van der Waals surface area contributed by atoms with E-state index in [0.29, 0.717) is 23.2 Å². The molecule has 2 N–H and O–H groups in total. The Bertz CT molecular complexity index is 473. The van der Waals surface area contributed by atoms with Gasteiger partial charge in [0.25, 0.3) is 0 Å². The molecule has 1 fully saturated rings. The quantitative estimate of drug-likeness (QED) is 0.773. The van der Waals surface area contributed by atoms with E-state index in [1.54, 1.807) is 0 Å². The number of hydrogen-bond acceptors (Lipinski definition) is 4. The van der Waals surface area contributed by atoms with Crippen LogP contribution in [0.4, 0.5) is 4.39 Å². The van der Waals surface area contributed by atoms with Crippen molar-refractivity contribution in [2.45, 2.75) is 19.4 Å². The normalized spacial score (nSPS) is 16.9. The fraction of sp³-hybridized carbons (Fsp3) is 0.600. The van der Waals surface area contributed by atoms with Crippen molar-refractivity contribution in [3.63, 3.8) is 0 Å². The number of phenols is 1. The minimum absolute atomic E-state index is 0. The lowest BCUT2D eigenvalue weighted by Gasteiger charge is -2.35. The summed E-state index contributed by atoms with van der Waals surface area (Å²) in [5.74, 6) is 0.542. The van der Waals surface area contributed by atoms with E-state index in [2.05, 4.69) is 26.1 Å². The predicted molar refractivity (Wildman–Crippen MR) is 92.0 cm³/mol. The fourth-order valence-electron chi connectivity index (χ4n) is 2.71. The molecule has 2 rings (SSSR count). The van der Waals surface area contributed by atoms with Gasteiger partial charge in [0.15, 0.2) is 11.5 Å². The van der Waals surface area contributed by atoms with Crippen LogP contribution < -0.4 is 10.1 Å². The van der Waals surface area contributed by atoms with E-state index in [1.165, 1.54) is 0 Å². The van der Waals surface area contributed by atoms with Gasteiger partial charge in [-0.15, -0.1) is 12.4 Å². The van der Waals surface area contributed by atoms with Gasteiger partial charge in [-0.25, -0.2) is 0 Å². The number of rotatable bonds is 6. The number of ether oxygens (including phenoxy) is 1. The number of benzene rings is 1. The molecule has 0 amide bonds. The molecule has 1 saturated heterocycles. The number of alkyl halides is 1. The summed E-state index contributed by atoms with van der Waals surface area (Å²) in [5, 5.41) is 13.3. The SMILES string of the molecule is CCOc1cc([C@@H](CCF)N2CCNCC2)cc(Br)c1O.Cl. The van der Waals surface area contributed by atoms with Crippen molar-refractivity contribution < 1.29 is 14.2 Å². The molecular formula is C15H23BrClFN2O2. The topological polar surface area (TPSA) is 44.7 Å². The molecule has 0 unspecified atom stereocenters. The Hall–Kier alpha value is -0.560. The zero-order valence-electron chi connectivity index (χ0n) is 12.6. The lowest BCUT2D eigenvalue weighted by atomic mass is 10.0. The highest BCUT2D eigenvalue weighted by molar-refractivity contribution is 9.10. The second-order valence-electron chi connectivity index (χ2n) is 5.06. The van der Waals surface area contributed by atoms with Gasteiger partial charge in [0.05, 0.1) is 17.8 Å². The largest absolute Gasteiger partial charge is 0.503 e. The van der Waals surface area contributed by atoms with Crippen LogP contribution in [0.15, 0.2) is 16.6 Å². The smallest absolute Gasteiger partial charge is 0.172 e. The van der Waals surface area contributed by atoms with Gasteiger partial charge >= 0.3 is 0 Å². The third kappa shape index (κ3) is 4.72. The maximum atomic E-state index is 13.0. The molecule has 1 heterocycles. The van der Waals surface area contributed by atoms with Crippen LogP contribution in [0.1, 0.15) is 24.9 Å². The van der Waals surface area contributed by atoms with Crippen LogP contribution in [0, 0.1) is 0 Å². The molecule has 0 aliphatic carbocycles. The van der Waals surface area contributed by atoms with Crippen LogP contribution in [0.2, 0.25) is 0 Å². The van der Waals surface area contributed by atoms with Crippen LogP contribution in [-0.4, -0.2) is 49.5 Å². The Balaban J connectivity index is 0.00000242. The highest BCUT2D eigenvalue weighted by atomic mass is 79.9. The molecule has 1 aromatic rings. The number of phenolic OH excluding ortho intramolecular Hbond substituents is 1. The highest BCUT2D eigenvalue weighted by Gasteiger charge is 2.24. The summed E-state index contributed by atoms with van der Waals surface area (Å²) in [5.41, 5.74) is 0.975. The molecular weight excluding hydrogens is 375 g/mol. The highest BCUT2D eigenvalue weighted by Crippen LogP contribution is 2.39. The Morgan fingerprint density at radius 3 is 2.68 bits per heavy atom. The van der Waals surface area contributed by atoms with Gasteiger partial charge in [0.2, 0.25) is 0 Å². The summed E-state index contributed by atoms with van der Waals surface area (Å²) in [6.07, 6.45) is 0.447. The second-order valence-corrected chi connectivity index (χ2v) is 5.92. The second kappa shape index (κ2) is 9.55. The molecule has 1 aliphatic heterocycles. The Labute approximate surface area is 145 Å². The first-order chi connectivity index (χ1) is 10.2. The van der Waals surface area contributed by atoms with E-state index < -0.39 is 0 Å². The van der Waals surface area contributed by atoms with Crippen molar-refractivity contribution in [3.05, 3.63) is 22.2 Å². The molecule has 0 bridgehead atoms. The molecule has 0 spiro atoms. The molecule has 4 nitrogen and oxygen atoms in total. The van der Waals surface area contributed by atoms with Gasteiger partial charge < -0.3 is 15.2 Å². The van der Waals surface area contributed by atoms with Crippen molar-refractivity contribution in [1.29, 1.82) is 0 Å². The maximum absolute atomic E-state index is 13.0. The number of nitrogens with zero attached hydrogens (tertiary/aromatic N) is 1.